The first-order valence-corrected chi connectivity index (χ1v) is 8.98. The zero-order valence-corrected chi connectivity index (χ0v) is 13.5. The number of likely N-dealkylation sites (tertiary alicyclic amines) is 1. The van der Waals surface area contributed by atoms with E-state index in [1.165, 1.54) is 49.8 Å². The van der Waals surface area contributed by atoms with E-state index in [-0.39, 0.29) is 0 Å². The number of nitrogens with zero attached hydrogens (tertiary/aromatic N) is 2. The third kappa shape index (κ3) is 2.90. The van der Waals surface area contributed by atoms with E-state index in [2.05, 4.69) is 47.9 Å². The van der Waals surface area contributed by atoms with E-state index >= 15 is 0 Å². The van der Waals surface area contributed by atoms with E-state index in [4.69, 9.17) is 0 Å². The molecule has 0 N–H and O–H groups in total. The predicted molar refractivity (Wildman–Crippen MR) is 87.7 cm³/mol. The summed E-state index contributed by atoms with van der Waals surface area (Å²) >= 11 is 2.04. The topological polar surface area (TPSA) is 6.48 Å². The molecule has 3 rings (SSSR count). The van der Waals surface area contributed by atoms with Crippen molar-refractivity contribution in [2.24, 2.45) is 0 Å². The number of thioether (sulfide) groups is 1. The Morgan fingerprint density at radius 1 is 1.25 bits per heavy atom. The molecule has 1 aromatic carbocycles. The normalized spacial score (nSPS) is 26.4. The van der Waals surface area contributed by atoms with Gasteiger partial charge in [0.15, 0.2) is 0 Å². The smallest absolute Gasteiger partial charge is 0.0235 e. The Labute approximate surface area is 127 Å². The van der Waals surface area contributed by atoms with E-state index in [9.17, 15) is 0 Å². The number of hydrogen-bond donors (Lipinski definition) is 0. The second-order valence-corrected chi connectivity index (χ2v) is 7.03. The van der Waals surface area contributed by atoms with Gasteiger partial charge in [-0.15, -0.1) is 11.8 Å². The van der Waals surface area contributed by atoms with Crippen molar-refractivity contribution in [3.63, 3.8) is 0 Å². The lowest BCUT2D eigenvalue weighted by Gasteiger charge is -2.27. The summed E-state index contributed by atoms with van der Waals surface area (Å²) in [6, 6.07) is 9.76. The summed E-state index contributed by atoms with van der Waals surface area (Å²) < 4.78 is 0. The number of likely N-dealkylation sites (N-methyl/N-ethyl adjacent to an activating group) is 1. The molecule has 0 aromatic heterocycles. The quantitative estimate of drug-likeness (QED) is 0.821. The molecule has 1 fully saturated rings. The molecule has 2 nitrogen and oxygen atoms in total. The van der Waals surface area contributed by atoms with Gasteiger partial charge in [-0.3, -0.25) is 4.90 Å². The van der Waals surface area contributed by atoms with Gasteiger partial charge in [0.05, 0.1) is 0 Å². The number of hydrogen-bond acceptors (Lipinski definition) is 3. The van der Waals surface area contributed by atoms with Crippen LogP contribution in [0, 0.1) is 0 Å². The predicted octanol–water partition coefficient (Wildman–Crippen LogP) is 3.29. The minimum Gasteiger partial charge on any atom is -0.301 e. The lowest BCUT2D eigenvalue weighted by molar-refractivity contribution is 0.209. The van der Waals surface area contributed by atoms with Crippen molar-refractivity contribution >= 4 is 11.8 Å². The van der Waals surface area contributed by atoms with Gasteiger partial charge in [0.1, 0.15) is 0 Å². The van der Waals surface area contributed by atoms with Gasteiger partial charge in [-0.2, -0.15) is 0 Å². The molecule has 2 atom stereocenters. The molecule has 0 radical (unpaired) electrons. The van der Waals surface area contributed by atoms with Crippen LogP contribution in [0.3, 0.4) is 0 Å². The summed E-state index contributed by atoms with van der Waals surface area (Å²) in [4.78, 5) is 6.82. The lowest BCUT2D eigenvalue weighted by Crippen LogP contribution is -2.38. The third-order valence-corrected chi connectivity index (χ3v) is 6.11. The Kier molecular flexibility index (Phi) is 4.69. The molecule has 0 spiro atoms. The van der Waals surface area contributed by atoms with Gasteiger partial charge in [0.25, 0.3) is 0 Å². The van der Waals surface area contributed by atoms with Crippen LogP contribution in [0.15, 0.2) is 29.2 Å². The van der Waals surface area contributed by atoms with Gasteiger partial charge in [0, 0.05) is 35.7 Å². The van der Waals surface area contributed by atoms with Crippen LogP contribution in [0.5, 0.6) is 0 Å². The molecule has 0 aliphatic carbocycles. The molecule has 2 aliphatic heterocycles. The highest BCUT2D eigenvalue weighted by molar-refractivity contribution is 7.99. The standard InChI is InChI=1S/C17H26N2S/c1-3-19(4-2)15-9-10-18(12-15)11-14-13-20-17-8-6-5-7-16(14)17/h5-8,14-15H,3-4,9-13H2,1-2H3. The average Bonchev–Trinajstić information content (AvgIpc) is 3.09. The van der Waals surface area contributed by atoms with Crippen LogP contribution < -0.4 is 0 Å². The number of fused-ring (bicyclic) bond motifs is 1. The van der Waals surface area contributed by atoms with E-state index in [0.29, 0.717) is 0 Å². The summed E-state index contributed by atoms with van der Waals surface area (Å²) in [5, 5.41) is 0. The first kappa shape index (κ1) is 14.4. The monoisotopic (exact) mass is 290 g/mol. The van der Waals surface area contributed by atoms with Gasteiger partial charge in [-0.1, -0.05) is 32.0 Å². The molecular formula is C17H26N2S. The van der Waals surface area contributed by atoms with Crippen molar-refractivity contribution in [3.05, 3.63) is 29.8 Å². The lowest BCUT2D eigenvalue weighted by atomic mass is 10.0. The Hall–Kier alpha value is -0.510. The molecule has 2 heterocycles. The highest BCUT2D eigenvalue weighted by Crippen LogP contribution is 2.40. The maximum absolute atomic E-state index is 2.69. The van der Waals surface area contributed by atoms with Crippen LogP contribution in [0.2, 0.25) is 0 Å². The van der Waals surface area contributed by atoms with E-state index in [1.807, 2.05) is 11.8 Å². The van der Waals surface area contributed by atoms with Crippen LogP contribution >= 0.6 is 11.8 Å². The van der Waals surface area contributed by atoms with Gasteiger partial charge in [-0.05, 0) is 37.7 Å². The third-order valence-electron chi connectivity index (χ3n) is 4.85. The van der Waals surface area contributed by atoms with Crippen LogP contribution in [0.25, 0.3) is 0 Å². The fraction of sp³-hybridized carbons (Fsp3) is 0.647. The summed E-state index contributed by atoms with van der Waals surface area (Å²) in [6.45, 7) is 10.8. The Morgan fingerprint density at radius 2 is 2.05 bits per heavy atom. The molecular weight excluding hydrogens is 264 g/mol. The SMILES string of the molecule is CCN(CC)C1CCN(CC2CSc3ccccc32)C1. The maximum Gasteiger partial charge on any atom is 0.0235 e. The van der Waals surface area contributed by atoms with Crippen molar-refractivity contribution in [2.45, 2.75) is 37.1 Å². The summed E-state index contributed by atoms with van der Waals surface area (Å²) in [6.07, 6.45) is 1.35. The first-order chi connectivity index (χ1) is 9.81. The largest absolute Gasteiger partial charge is 0.301 e. The molecule has 1 saturated heterocycles. The fourth-order valence-electron chi connectivity index (χ4n) is 3.71. The van der Waals surface area contributed by atoms with Gasteiger partial charge in [-0.25, -0.2) is 0 Å². The molecule has 2 aliphatic rings. The zero-order chi connectivity index (χ0) is 13.9. The van der Waals surface area contributed by atoms with Gasteiger partial charge in [0.2, 0.25) is 0 Å². The summed E-state index contributed by atoms with van der Waals surface area (Å²) in [5.41, 5.74) is 1.59. The molecule has 0 saturated carbocycles. The average molecular weight is 290 g/mol. The van der Waals surface area contributed by atoms with Gasteiger partial charge >= 0.3 is 0 Å². The van der Waals surface area contributed by atoms with Crippen molar-refractivity contribution in [2.75, 3.05) is 38.5 Å². The molecule has 0 bridgehead atoms. The minimum atomic E-state index is 0.742. The van der Waals surface area contributed by atoms with Crippen LogP contribution in [0.1, 0.15) is 31.7 Å². The molecule has 20 heavy (non-hydrogen) atoms. The van der Waals surface area contributed by atoms with E-state index < -0.39 is 0 Å². The van der Waals surface area contributed by atoms with Crippen molar-refractivity contribution in [1.82, 2.24) is 9.80 Å². The van der Waals surface area contributed by atoms with Crippen molar-refractivity contribution in [3.8, 4) is 0 Å². The molecule has 0 amide bonds. The highest BCUT2D eigenvalue weighted by Gasteiger charge is 2.30. The minimum absolute atomic E-state index is 0.742. The second kappa shape index (κ2) is 6.50. The summed E-state index contributed by atoms with van der Waals surface area (Å²) in [5.74, 6) is 2.01. The van der Waals surface area contributed by atoms with Crippen molar-refractivity contribution in [1.29, 1.82) is 0 Å². The number of benzene rings is 1. The Balaban J connectivity index is 1.58. The first-order valence-electron chi connectivity index (χ1n) is 8.00. The van der Waals surface area contributed by atoms with Gasteiger partial charge < -0.3 is 4.90 Å². The second-order valence-electron chi connectivity index (χ2n) is 5.97. The molecule has 3 heteroatoms. The van der Waals surface area contributed by atoms with Crippen LogP contribution in [-0.2, 0) is 0 Å². The van der Waals surface area contributed by atoms with E-state index in [0.717, 1.165) is 12.0 Å². The molecule has 110 valence electrons. The fourth-order valence-corrected chi connectivity index (χ4v) is 4.95. The molecule has 1 aromatic rings. The van der Waals surface area contributed by atoms with E-state index in [1.54, 1.807) is 5.56 Å². The summed E-state index contributed by atoms with van der Waals surface area (Å²) in [7, 11) is 0. The maximum atomic E-state index is 2.69. The number of rotatable bonds is 5. The Bertz CT molecular complexity index is 444. The van der Waals surface area contributed by atoms with Crippen LogP contribution in [-0.4, -0.2) is 54.3 Å². The van der Waals surface area contributed by atoms with Crippen molar-refractivity contribution < 1.29 is 0 Å². The molecule has 2 unspecified atom stereocenters. The Morgan fingerprint density at radius 3 is 2.85 bits per heavy atom. The van der Waals surface area contributed by atoms with Crippen LogP contribution in [0.4, 0.5) is 0 Å². The zero-order valence-electron chi connectivity index (χ0n) is 12.7. The highest BCUT2D eigenvalue weighted by atomic mass is 32.2.